The van der Waals surface area contributed by atoms with E-state index in [9.17, 15) is 19.0 Å². The van der Waals surface area contributed by atoms with Crippen LogP contribution in [-0.2, 0) is 32.7 Å². The number of hydrogen-bond acceptors (Lipinski definition) is 7. The van der Waals surface area contributed by atoms with Crippen LogP contribution in [0.3, 0.4) is 0 Å². The van der Waals surface area contributed by atoms with Gasteiger partial charge in [0.1, 0.15) is 19.8 Å². The number of allylic oxidation sites excluding steroid dienone is 4. The van der Waals surface area contributed by atoms with Crippen LogP contribution in [-0.4, -0.2) is 74.9 Å². The molecule has 0 aliphatic carbocycles. The summed E-state index contributed by atoms with van der Waals surface area (Å²) in [7, 11) is 1.46. The number of carbonyl (C=O) groups excluding carboxylic acids is 2. The lowest BCUT2D eigenvalue weighted by Crippen LogP contribution is -2.37. The predicted octanol–water partition coefficient (Wildman–Crippen LogP) is 12.4. The molecule has 1 unspecified atom stereocenters. The second kappa shape index (κ2) is 37.1. The van der Waals surface area contributed by atoms with Crippen molar-refractivity contribution in [2.75, 3.05) is 47.5 Å². The molecule has 0 aromatic heterocycles. The first-order valence-electron chi connectivity index (χ1n) is 22.1. The standard InChI is InChI=1S/C44H84NO8P/c1-6-8-10-12-14-16-18-20-22-24-26-28-30-32-34-36-43(46)50-40-42(41-52-54(48,49)51-39-38-45(3,4)5)53-44(47)37-35-33-31-29-27-25-23-21-19-17-15-13-11-9-7-2/h26-29,42H,6-25,30-41H2,1-5H3/p+1/b28-26-,29-27-/t42-/m1/s1. The van der Waals surface area contributed by atoms with Gasteiger partial charge in [-0.1, -0.05) is 141 Å². The van der Waals surface area contributed by atoms with Gasteiger partial charge in [0.05, 0.1) is 27.7 Å². The first-order valence-corrected chi connectivity index (χ1v) is 23.6. The third-order valence-corrected chi connectivity index (χ3v) is 10.4. The van der Waals surface area contributed by atoms with Gasteiger partial charge in [-0.3, -0.25) is 18.6 Å². The van der Waals surface area contributed by atoms with Crippen LogP contribution in [0.25, 0.3) is 0 Å². The first kappa shape index (κ1) is 52.5. The van der Waals surface area contributed by atoms with Gasteiger partial charge in [0.2, 0.25) is 0 Å². The number of hydrogen-bond donors (Lipinski definition) is 1. The maximum absolute atomic E-state index is 12.7. The predicted molar refractivity (Wildman–Crippen MR) is 224 cm³/mol. The van der Waals surface area contributed by atoms with E-state index in [-0.39, 0.29) is 26.1 Å². The highest BCUT2D eigenvalue weighted by Gasteiger charge is 2.27. The van der Waals surface area contributed by atoms with Crippen molar-refractivity contribution >= 4 is 19.8 Å². The quantitative estimate of drug-likeness (QED) is 0.0215. The molecule has 1 N–H and O–H groups in total. The number of ether oxygens (including phenoxy) is 2. The molecule has 0 saturated heterocycles. The zero-order chi connectivity index (χ0) is 40.0. The maximum Gasteiger partial charge on any atom is 0.472 e. The van der Waals surface area contributed by atoms with E-state index in [2.05, 4.69) is 38.2 Å². The number of likely N-dealkylation sites (N-methyl/N-ethyl adjacent to an activating group) is 1. The molecule has 0 heterocycles. The average molecular weight is 787 g/mol. The number of nitrogens with zero attached hydrogens (tertiary/aromatic N) is 1. The number of esters is 2. The molecule has 318 valence electrons. The number of phosphoric acid groups is 1. The van der Waals surface area contributed by atoms with Gasteiger partial charge in [-0.15, -0.1) is 0 Å². The highest BCUT2D eigenvalue weighted by atomic mass is 31.2. The second-order valence-electron chi connectivity index (χ2n) is 16.1. The van der Waals surface area contributed by atoms with E-state index in [1.165, 1.54) is 116 Å². The first-order chi connectivity index (χ1) is 26.0. The lowest BCUT2D eigenvalue weighted by Gasteiger charge is -2.24. The monoisotopic (exact) mass is 787 g/mol. The Morgan fingerprint density at radius 3 is 1.37 bits per heavy atom. The van der Waals surface area contributed by atoms with E-state index in [1.54, 1.807) is 0 Å². The Labute approximate surface area is 332 Å². The van der Waals surface area contributed by atoms with E-state index >= 15 is 0 Å². The Morgan fingerprint density at radius 2 is 0.944 bits per heavy atom. The molecule has 0 amide bonds. The lowest BCUT2D eigenvalue weighted by atomic mass is 10.1. The van der Waals surface area contributed by atoms with Crippen molar-refractivity contribution in [3.05, 3.63) is 24.3 Å². The van der Waals surface area contributed by atoms with Crippen molar-refractivity contribution in [3.8, 4) is 0 Å². The van der Waals surface area contributed by atoms with Crippen LogP contribution in [0, 0.1) is 0 Å². The molecule has 10 heteroatoms. The molecule has 0 aliphatic rings. The largest absolute Gasteiger partial charge is 0.472 e. The maximum atomic E-state index is 12.7. The minimum absolute atomic E-state index is 0.0266. The number of carbonyl (C=O) groups is 2. The number of rotatable bonds is 40. The van der Waals surface area contributed by atoms with E-state index in [4.69, 9.17) is 18.5 Å². The van der Waals surface area contributed by atoms with Gasteiger partial charge in [0.25, 0.3) is 0 Å². The van der Waals surface area contributed by atoms with Crippen LogP contribution in [0.5, 0.6) is 0 Å². The van der Waals surface area contributed by atoms with Crippen molar-refractivity contribution in [3.63, 3.8) is 0 Å². The summed E-state index contributed by atoms with van der Waals surface area (Å²) in [6.07, 6.45) is 39.4. The average Bonchev–Trinajstić information content (AvgIpc) is 3.12. The number of unbranched alkanes of at least 4 members (excludes halogenated alkanes) is 22. The molecule has 0 rings (SSSR count). The number of quaternary nitrogens is 1. The molecule has 9 nitrogen and oxygen atoms in total. The summed E-state index contributed by atoms with van der Waals surface area (Å²) < 4.78 is 34.2. The smallest absolute Gasteiger partial charge is 0.462 e. The third-order valence-electron chi connectivity index (χ3n) is 9.45. The summed E-state index contributed by atoms with van der Waals surface area (Å²) >= 11 is 0. The van der Waals surface area contributed by atoms with Crippen molar-refractivity contribution in [1.82, 2.24) is 0 Å². The lowest BCUT2D eigenvalue weighted by molar-refractivity contribution is -0.870. The molecular weight excluding hydrogens is 701 g/mol. The fourth-order valence-corrected chi connectivity index (χ4v) is 6.69. The molecule has 0 aliphatic heterocycles. The zero-order valence-electron chi connectivity index (χ0n) is 35.7. The van der Waals surface area contributed by atoms with E-state index < -0.39 is 32.5 Å². The molecule has 0 spiro atoms. The van der Waals surface area contributed by atoms with Crippen LogP contribution < -0.4 is 0 Å². The highest BCUT2D eigenvalue weighted by Crippen LogP contribution is 2.43. The highest BCUT2D eigenvalue weighted by molar-refractivity contribution is 7.47. The molecule has 54 heavy (non-hydrogen) atoms. The fourth-order valence-electron chi connectivity index (χ4n) is 5.94. The van der Waals surface area contributed by atoms with E-state index in [0.717, 1.165) is 38.5 Å². The van der Waals surface area contributed by atoms with Crippen LogP contribution in [0.15, 0.2) is 24.3 Å². The van der Waals surface area contributed by atoms with Gasteiger partial charge < -0.3 is 18.9 Å². The normalized spacial score (nSPS) is 13.8. The van der Waals surface area contributed by atoms with Gasteiger partial charge in [-0.05, 0) is 64.2 Å². The molecule has 0 fully saturated rings. The van der Waals surface area contributed by atoms with Gasteiger partial charge in [-0.25, -0.2) is 4.57 Å². The van der Waals surface area contributed by atoms with Crippen LogP contribution in [0.4, 0.5) is 0 Å². The van der Waals surface area contributed by atoms with Crippen molar-refractivity contribution < 1.29 is 42.1 Å². The van der Waals surface area contributed by atoms with E-state index in [0.29, 0.717) is 23.9 Å². The SMILES string of the molecule is CCCCCCCCCCC/C=C\CCCCC(=O)OC[C@H](COP(=O)(O)OCC[N+](C)(C)C)OC(=O)CCCC/C=C\CCCCCCCCCCC. The Hall–Kier alpha value is -1.51. The summed E-state index contributed by atoms with van der Waals surface area (Å²) in [4.78, 5) is 35.3. The molecule has 2 atom stereocenters. The summed E-state index contributed by atoms with van der Waals surface area (Å²) in [5.74, 6) is -0.846. The van der Waals surface area contributed by atoms with Gasteiger partial charge in [0.15, 0.2) is 6.10 Å². The number of phosphoric ester groups is 1. The van der Waals surface area contributed by atoms with Crippen molar-refractivity contribution in [1.29, 1.82) is 0 Å². The van der Waals surface area contributed by atoms with Gasteiger partial charge in [-0.2, -0.15) is 0 Å². The topological polar surface area (TPSA) is 108 Å². The molecule has 0 aromatic carbocycles. The Morgan fingerprint density at radius 1 is 0.556 bits per heavy atom. The summed E-state index contributed by atoms with van der Waals surface area (Å²) in [6.45, 7) is 4.38. The Kier molecular flexibility index (Phi) is 36.1. The fraction of sp³-hybridized carbons (Fsp3) is 0.864. The summed E-state index contributed by atoms with van der Waals surface area (Å²) in [6, 6.07) is 0. The molecular formula is C44H85NO8P+. The van der Waals surface area contributed by atoms with Crippen molar-refractivity contribution in [2.45, 2.75) is 200 Å². The van der Waals surface area contributed by atoms with Crippen molar-refractivity contribution in [2.24, 2.45) is 0 Å². The Bertz CT molecular complexity index is 980. The van der Waals surface area contributed by atoms with Crippen LogP contribution >= 0.6 is 7.82 Å². The molecule has 0 radical (unpaired) electrons. The zero-order valence-corrected chi connectivity index (χ0v) is 36.6. The third kappa shape index (κ3) is 40.2. The van der Waals surface area contributed by atoms with Crippen LogP contribution in [0.1, 0.15) is 194 Å². The molecule has 0 aromatic rings. The van der Waals surface area contributed by atoms with Gasteiger partial charge >= 0.3 is 19.8 Å². The molecule has 0 saturated carbocycles. The Balaban J connectivity index is 4.41. The van der Waals surface area contributed by atoms with Gasteiger partial charge in [0, 0.05) is 12.8 Å². The molecule has 0 bridgehead atoms. The summed E-state index contributed by atoms with van der Waals surface area (Å²) in [5.41, 5.74) is 0. The minimum atomic E-state index is -4.38. The summed E-state index contributed by atoms with van der Waals surface area (Å²) in [5, 5.41) is 0. The second-order valence-corrected chi connectivity index (χ2v) is 17.5. The van der Waals surface area contributed by atoms with Crippen LogP contribution in [0.2, 0.25) is 0 Å². The minimum Gasteiger partial charge on any atom is -0.462 e. The van der Waals surface area contributed by atoms with E-state index in [1.807, 2.05) is 21.1 Å².